The summed E-state index contributed by atoms with van der Waals surface area (Å²) < 4.78 is 0. The average molecular weight is 376 g/mol. The van der Waals surface area contributed by atoms with Gasteiger partial charge in [0.15, 0.2) is 5.78 Å². The number of allylic oxidation sites excluding steroid dienone is 3. The molecule has 0 aliphatic heterocycles. The summed E-state index contributed by atoms with van der Waals surface area (Å²) in [6.45, 7) is 4.62. The highest BCUT2D eigenvalue weighted by Crippen LogP contribution is 2.64. The van der Waals surface area contributed by atoms with E-state index in [2.05, 4.69) is 31.0 Å². The van der Waals surface area contributed by atoms with Crippen LogP contribution in [0.25, 0.3) is 6.08 Å². The molecule has 4 aliphatic carbocycles. The normalized spacial score (nSPS) is 41.3. The molecule has 0 radical (unpaired) electrons. The van der Waals surface area contributed by atoms with Crippen LogP contribution in [0.3, 0.4) is 0 Å². The lowest BCUT2D eigenvalue weighted by Crippen LogP contribution is -2.50. The van der Waals surface area contributed by atoms with Crippen molar-refractivity contribution in [2.45, 2.75) is 58.8 Å². The summed E-state index contributed by atoms with van der Waals surface area (Å²) >= 11 is 0. The van der Waals surface area contributed by atoms with Crippen LogP contribution >= 0.6 is 0 Å². The van der Waals surface area contributed by atoms with Gasteiger partial charge in [-0.15, -0.1) is 0 Å². The molecule has 0 aromatic carbocycles. The van der Waals surface area contributed by atoms with Crippen molar-refractivity contribution in [3.63, 3.8) is 0 Å². The van der Waals surface area contributed by atoms with Gasteiger partial charge in [0.25, 0.3) is 0 Å². The van der Waals surface area contributed by atoms with Crippen LogP contribution < -0.4 is 0 Å². The average Bonchev–Trinajstić information content (AvgIpc) is 2.99. The summed E-state index contributed by atoms with van der Waals surface area (Å²) in [5.41, 5.74) is 3.34. The molecule has 5 atom stereocenters. The topological polar surface area (TPSA) is 47.0 Å². The second kappa shape index (κ2) is 6.23. The Hall–Kier alpha value is -2.03. The minimum absolute atomic E-state index is 0.0582. The van der Waals surface area contributed by atoms with Crippen molar-refractivity contribution < 1.29 is 9.59 Å². The lowest BCUT2D eigenvalue weighted by atomic mass is 9.47. The first kappa shape index (κ1) is 18.0. The highest BCUT2D eigenvalue weighted by molar-refractivity contribution is 6.02. The van der Waals surface area contributed by atoms with Crippen LogP contribution in [-0.4, -0.2) is 16.6 Å². The van der Waals surface area contributed by atoms with Gasteiger partial charge in [-0.25, -0.2) is 0 Å². The zero-order valence-electron chi connectivity index (χ0n) is 16.9. The van der Waals surface area contributed by atoms with E-state index in [0.29, 0.717) is 30.0 Å². The van der Waals surface area contributed by atoms with E-state index in [1.54, 1.807) is 12.4 Å². The van der Waals surface area contributed by atoms with E-state index < -0.39 is 0 Å². The lowest BCUT2D eigenvalue weighted by molar-refractivity contribution is -0.131. The third kappa shape index (κ3) is 2.51. The monoisotopic (exact) mass is 375 g/mol. The maximum atomic E-state index is 12.9. The first-order chi connectivity index (χ1) is 13.4. The van der Waals surface area contributed by atoms with Crippen molar-refractivity contribution in [1.29, 1.82) is 0 Å². The molecule has 4 aliphatic rings. The zero-order valence-corrected chi connectivity index (χ0v) is 16.9. The Morgan fingerprint density at radius 1 is 1.07 bits per heavy atom. The quantitative estimate of drug-likeness (QED) is 0.502. The molecule has 28 heavy (non-hydrogen) atoms. The number of ketones is 2. The molecule has 1 aromatic heterocycles. The van der Waals surface area contributed by atoms with Crippen LogP contribution in [0.5, 0.6) is 0 Å². The SMILES string of the molecule is CC12CCC3C(CC=C4CC(=O)/C(=C/c5ccncc5)CC43C)C1CCC2=O. The van der Waals surface area contributed by atoms with Crippen LogP contribution in [0.2, 0.25) is 0 Å². The Labute approximate surface area is 167 Å². The lowest BCUT2D eigenvalue weighted by Gasteiger charge is -2.56. The molecule has 0 saturated heterocycles. The Balaban J connectivity index is 1.50. The van der Waals surface area contributed by atoms with Crippen LogP contribution in [0.4, 0.5) is 0 Å². The van der Waals surface area contributed by atoms with Gasteiger partial charge in [-0.1, -0.05) is 25.5 Å². The van der Waals surface area contributed by atoms with Gasteiger partial charge in [-0.05, 0) is 84.6 Å². The molecule has 3 fully saturated rings. The molecule has 5 unspecified atom stereocenters. The molecule has 146 valence electrons. The second-order valence-corrected chi connectivity index (χ2v) is 9.90. The Kier molecular flexibility index (Phi) is 4.01. The van der Waals surface area contributed by atoms with Crippen molar-refractivity contribution in [1.82, 2.24) is 4.98 Å². The molecule has 1 aromatic rings. The Morgan fingerprint density at radius 3 is 2.61 bits per heavy atom. The van der Waals surface area contributed by atoms with Gasteiger partial charge in [0.2, 0.25) is 0 Å². The molecule has 5 rings (SSSR count). The highest BCUT2D eigenvalue weighted by Gasteiger charge is 2.58. The Bertz CT molecular complexity index is 898. The van der Waals surface area contributed by atoms with Crippen LogP contribution in [-0.2, 0) is 9.59 Å². The van der Waals surface area contributed by atoms with E-state index >= 15 is 0 Å². The summed E-state index contributed by atoms with van der Waals surface area (Å²) in [6, 6.07) is 3.93. The van der Waals surface area contributed by atoms with E-state index in [1.165, 1.54) is 5.57 Å². The molecule has 3 nitrogen and oxygen atoms in total. The molecule has 3 heteroatoms. The minimum Gasteiger partial charge on any atom is -0.299 e. The van der Waals surface area contributed by atoms with Gasteiger partial charge in [0.05, 0.1) is 0 Å². The fraction of sp³-hybridized carbons (Fsp3) is 0.560. The molecule has 0 N–H and O–H groups in total. The van der Waals surface area contributed by atoms with Crippen molar-refractivity contribution in [2.75, 3.05) is 0 Å². The van der Waals surface area contributed by atoms with Gasteiger partial charge in [0, 0.05) is 30.7 Å². The maximum Gasteiger partial charge on any atom is 0.162 e. The number of rotatable bonds is 1. The largest absolute Gasteiger partial charge is 0.299 e. The van der Waals surface area contributed by atoms with Crippen molar-refractivity contribution in [2.24, 2.45) is 28.6 Å². The molecular formula is C25H29NO2. The Morgan fingerprint density at radius 2 is 1.82 bits per heavy atom. The molecule has 1 heterocycles. The predicted molar refractivity (Wildman–Crippen MR) is 109 cm³/mol. The summed E-state index contributed by atoms with van der Waals surface area (Å²) in [6.07, 6.45) is 14.4. The van der Waals surface area contributed by atoms with Gasteiger partial charge in [0.1, 0.15) is 5.78 Å². The number of carbonyl (C=O) groups is 2. The molecule has 0 amide bonds. The van der Waals surface area contributed by atoms with E-state index in [4.69, 9.17) is 0 Å². The summed E-state index contributed by atoms with van der Waals surface area (Å²) in [7, 11) is 0. The van der Waals surface area contributed by atoms with E-state index in [9.17, 15) is 9.59 Å². The summed E-state index contributed by atoms with van der Waals surface area (Å²) in [5, 5.41) is 0. The number of fused-ring (bicyclic) bond motifs is 5. The van der Waals surface area contributed by atoms with Crippen molar-refractivity contribution in [3.8, 4) is 0 Å². The molecule has 3 saturated carbocycles. The van der Waals surface area contributed by atoms with Crippen molar-refractivity contribution >= 4 is 17.6 Å². The fourth-order valence-electron chi connectivity index (χ4n) is 7.02. The van der Waals surface area contributed by atoms with Gasteiger partial charge in [-0.3, -0.25) is 14.6 Å². The van der Waals surface area contributed by atoms with E-state index in [-0.39, 0.29) is 16.6 Å². The third-order valence-corrected chi connectivity index (χ3v) is 8.65. The fourth-order valence-corrected chi connectivity index (χ4v) is 7.02. The maximum absolute atomic E-state index is 12.9. The number of hydrogen-bond acceptors (Lipinski definition) is 3. The smallest absolute Gasteiger partial charge is 0.162 e. The van der Waals surface area contributed by atoms with Crippen LogP contribution in [0.1, 0.15) is 64.4 Å². The first-order valence-corrected chi connectivity index (χ1v) is 10.8. The number of hydrogen-bond donors (Lipinski definition) is 0. The summed E-state index contributed by atoms with van der Waals surface area (Å²) in [5.74, 6) is 2.47. The predicted octanol–water partition coefficient (Wildman–Crippen LogP) is 5.18. The minimum atomic E-state index is -0.0942. The number of pyridine rings is 1. The van der Waals surface area contributed by atoms with Gasteiger partial charge in [-0.2, -0.15) is 0 Å². The number of Topliss-reactive ketones (excluding diaryl/α,β-unsaturated/α-hetero) is 2. The second-order valence-electron chi connectivity index (χ2n) is 9.90. The molecular weight excluding hydrogens is 346 g/mol. The standard InChI is InChI=1S/C25H29NO2/c1-24-10-7-21-19(20(24)5-6-23(24)28)4-3-18-14-22(27)17(15-25(18,21)2)13-16-8-11-26-12-9-16/h3,8-9,11-13,19-21H,4-7,10,14-15H2,1-2H3/b17-13+. The summed E-state index contributed by atoms with van der Waals surface area (Å²) in [4.78, 5) is 29.5. The van der Waals surface area contributed by atoms with Crippen LogP contribution in [0, 0.1) is 28.6 Å². The number of aromatic nitrogens is 1. The van der Waals surface area contributed by atoms with E-state index in [0.717, 1.165) is 49.7 Å². The molecule has 0 spiro atoms. The first-order valence-electron chi connectivity index (χ1n) is 10.8. The van der Waals surface area contributed by atoms with Crippen LogP contribution in [0.15, 0.2) is 41.7 Å². The third-order valence-electron chi connectivity index (χ3n) is 8.65. The van der Waals surface area contributed by atoms with E-state index in [1.807, 2.05) is 12.1 Å². The number of nitrogens with zero attached hydrogens (tertiary/aromatic N) is 1. The van der Waals surface area contributed by atoms with Crippen molar-refractivity contribution in [3.05, 3.63) is 47.3 Å². The number of carbonyl (C=O) groups excluding carboxylic acids is 2. The van der Waals surface area contributed by atoms with Gasteiger partial charge >= 0.3 is 0 Å². The molecule has 0 bridgehead atoms. The van der Waals surface area contributed by atoms with Gasteiger partial charge < -0.3 is 0 Å². The highest BCUT2D eigenvalue weighted by atomic mass is 16.1. The zero-order chi connectivity index (χ0) is 19.5.